The van der Waals surface area contributed by atoms with E-state index in [1.807, 2.05) is 11.4 Å². The number of nitrogens with two attached hydrogens (primary N) is 1. The lowest BCUT2D eigenvalue weighted by Gasteiger charge is -2.26. The largest absolute Gasteiger partial charge is 0.493 e. The molecule has 0 fully saturated rings. The standard InChI is InChI=1S/C21H27N3O4S/c1-21(2,3)28-20(26)24(10-4-8-22-14-18-23-9-12-29-18)19(25)16-5-6-17-15(13-16)7-11-27-17/h5-6,9,12-13,22H,4,7-8,10-11,14H2,1-3H3/p+1. The molecule has 2 N–H and O–H groups in total. The molecule has 0 saturated carbocycles. The molecule has 2 amide bonds. The van der Waals surface area contributed by atoms with Crippen LogP contribution in [-0.2, 0) is 17.7 Å². The van der Waals surface area contributed by atoms with Gasteiger partial charge in [0, 0.05) is 36.5 Å². The van der Waals surface area contributed by atoms with Crippen LogP contribution in [0.25, 0.3) is 0 Å². The Labute approximate surface area is 175 Å². The van der Waals surface area contributed by atoms with Gasteiger partial charge in [0.1, 0.15) is 22.9 Å². The second kappa shape index (κ2) is 9.37. The fourth-order valence-electron chi connectivity index (χ4n) is 3.04. The van der Waals surface area contributed by atoms with Crippen molar-refractivity contribution in [3.8, 4) is 5.75 Å². The lowest BCUT2D eigenvalue weighted by atomic mass is 10.1. The van der Waals surface area contributed by atoms with Crippen molar-refractivity contribution in [3.05, 3.63) is 45.9 Å². The number of fused-ring (bicyclic) bond motifs is 1. The zero-order valence-electron chi connectivity index (χ0n) is 17.1. The summed E-state index contributed by atoms with van der Waals surface area (Å²) >= 11 is 1.62. The number of rotatable bonds is 7. The summed E-state index contributed by atoms with van der Waals surface area (Å²) in [5.41, 5.74) is 0.807. The highest BCUT2D eigenvalue weighted by atomic mass is 32.1. The molecule has 1 aliphatic rings. The monoisotopic (exact) mass is 418 g/mol. The van der Waals surface area contributed by atoms with Gasteiger partial charge in [0.05, 0.1) is 13.2 Å². The molecule has 3 rings (SSSR count). The van der Waals surface area contributed by atoms with Crippen LogP contribution in [0.2, 0.25) is 0 Å². The van der Waals surface area contributed by atoms with Crippen LogP contribution in [0.5, 0.6) is 5.75 Å². The number of hydrogen-bond acceptors (Lipinski definition) is 6. The quantitative estimate of drug-likeness (QED) is 0.699. The summed E-state index contributed by atoms with van der Waals surface area (Å²) in [4.78, 5) is 31.2. The van der Waals surface area contributed by atoms with E-state index in [2.05, 4.69) is 10.3 Å². The summed E-state index contributed by atoms with van der Waals surface area (Å²) in [7, 11) is 0. The minimum Gasteiger partial charge on any atom is -0.493 e. The zero-order chi connectivity index (χ0) is 20.9. The third-order valence-electron chi connectivity index (χ3n) is 4.39. The minimum absolute atomic E-state index is 0.301. The van der Waals surface area contributed by atoms with Gasteiger partial charge in [-0.3, -0.25) is 4.79 Å². The molecule has 156 valence electrons. The molecule has 29 heavy (non-hydrogen) atoms. The SMILES string of the molecule is CC(C)(C)OC(=O)N(CCC[NH2+]Cc1nccs1)C(=O)c1ccc2c(c1)CCO2. The van der Waals surface area contributed by atoms with Gasteiger partial charge in [-0.2, -0.15) is 0 Å². The molecule has 0 unspecified atom stereocenters. The summed E-state index contributed by atoms with van der Waals surface area (Å²) in [6.45, 7) is 7.88. The normalized spacial score (nSPS) is 12.9. The molecule has 2 heterocycles. The van der Waals surface area contributed by atoms with E-state index in [9.17, 15) is 9.59 Å². The van der Waals surface area contributed by atoms with Crippen molar-refractivity contribution in [2.24, 2.45) is 0 Å². The molecule has 8 heteroatoms. The van der Waals surface area contributed by atoms with Gasteiger partial charge in [0.25, 0.3) is 5.91 Å². The maximum absolute atomic E-state index is 13.1. The number of amides is 2. The topological polar surface area (TPSA) is 85.3 Å². The lowest BCUT2D eigenvalue weighted by molar-refractivity contribution is -0.670. The van der Waals surface area contributed by atoms with Gasteiger partial charge in [0.2, 0.25) is 0 Å². The first-order valence-corrected chi connectivity index (χ1v) is 10.7. The molecule has 1 aromatic heterocycles. The van der Waals surface area contributed by atoms with E-state index in [-0.39, 0.29) is 5.91 Å². The number of carbonyl (C=O) groups excluding carboxylic acids is 2. The van der Waals surface area contributed by atoms with Crippen molar-refractivity contribution in [1.82, 2.24) is 9.88 Å². The Morgan fingerprint density at radius 3 is 2.90 bits per heavy atom. The fourth-order valence-corrected chi connectivity index (χ4v) is 3.66. The van der Waals surface area contributed by atoms with Gasteiger partial charge in [-0.05, 0) is 44.5 Å². The molecule has 0 saturated heterocycles. The van der Waals surface area contributed by atoms with Gasteiger partial charge < -0.3 is 14.8 Å². The number of quaternary nitrogens is 1. The van der Waals surface area contributed by atoms with Crippen LogP contribution < -0.4 is 10.1 Å². The number of ether oxygens (including phenoxy) is 2. The van der Waals surface area contributed by atoms with Gasteiger partial charge in [-0.1, -0.05) is 0 Å². The average Bonchev–Trinajstić information content (AvgIpc) is 3.33. The van der Waals surface area contributed by atoms with Crippen LogP contribution in [0.4, 0.5) is 4.79 Å². The minimum atomic E-state index is -0.668. The molecule has 1 aromatic carbocycles. The Morgan fingerprint density at radius 1 is 1.34 bits per heavy atom. The van der Waals surface area contributed by atoms with E-state index in [4.69, 9.17) is 9.47 Å². The predicted octanol–water partition coefficient (Wildman–Crippen LogP) is 2.61. The molecule has 0 aliphatic carbocycles. The third-order valence-corrected chi connectivity index (χ3v) is 5.19. The Kier molecular flexibility index (Phi) is 6.87. The molecular formula is C21H28N3O4S+. The van der Waals surface area contributed by atoms with E-state index in [1.54, 1.807) is 50.4 Å². The summed E-state index contributed by atoms with van der Waals surface area (Å²) in [6, 6.07) is 5.32. The van der Waals surface area contributed by atoms with E-state index in [0.29, 0.717) is 25.1 Å². The first-order valence-electron chi connectivity index (χ1n) is 9.84. The van der Waals surface area contributed by atoms with Crippen LogP contribution in [-0.4, -0.2) is 47.2 Å². The Hall–Kier alpha value is -2.45. The van der Waals surface area contributed by atoms with E-state index in [1.165, 1.54) is 4.90 Å². The Bertz CT molecular complexity index is 846. The highest BCUT2D eigenvalue weighted by Gasteiger charge is 2.28. The van der Waals surface area contributed by atoms with Crippen molar-refractivity contribution in [1.29, 1.82) is 0 Å². The molecule has 1 aliphatic heterocycles. The first-order chi connectivity index (χ1) is 13.8. The fraction of sp³-hybridized carbons (Fsp3) is 0.476. The molecule has 0 atom stereocenters. The van der Waals surface area contributed by atoms with Crippen molar-refractivity contribution in [2.45, 2.75) is 45.8 Å². The van der Waals surface area contributed by atoms with Crippen LogP contribution in [0, 0.1) is 0 Å². The second-order valence-electron chi connectivity index (χ2n) is 7.92. The number of carbonyl (C=O) groups is 2. The summed E-state index contributed by atoms with van der Waals surface area (Å²) in [5.74, 6) is 0.469. The third kappa shape index (κ3) is 6.01. The van der Waals surface area contributed by atoms with Crippen LogP contribution in [0.1, 0.15) is 48.1 Å². The van der Waals surface area contributed by atoms with Gasteiger partial charge >= 0.3 is 6.09 Å². The maximum atomic E-state index is 13.1. The average molecular weight is 419 g/mol. The first kappa shape index (κ1) is 21.3. The van der Waals surface area contributed by atoms with Crippen molar-refractivity contribution in [3.63, 3.8) is 0 Å². The van der Waals surface area contributed by atoms with Crippen LogP contribution in [0.3, 0.4) is 0 Å². The van der Waals surface area contributed by atoms with E-state index < -0.39 is 11.7 Å². The molecule has 7 nitrogen and oxygen atoms in total. The number of benzene rings is 1. The number of nitrogens with zero attached hydrogens (tertiary/aromatic N) is 2. The maximum Gasteiger partial charge on any atom is 0.417 e. The van der Waals surface area contributed by atoms with Crippen LogP contribution >= 0.6 is 11.3 Å². The van der Waals surface area contributed by atoms with Gasteiger partial charge in [-0.15, -0.1) is 11.3 Å². The number of imide groups is 1. The Morgan fingerprint density at radius 2 is 2.17 bits per heavy atom. The highest BCUT2D eigenvalue weighted by molar-refractivity contribution is 7.09. The summed E-state index contributed by atoms with van der Waals surface area (Å²) in [6.07, 6.45) is 2.62. The lowest BCUT2D eigenvalue weighted by Crippen LogP contribution is -2.82. The van der Waals surface area contributed by atoms with Crippen molar-refractivity contribution >= 4 is 23.3 Å². The predicted molar refractivity (Wildman–Crippen MR) is 110 cm³/mol. The van der Waals surface area contributed by atoms with Crippen molar-refractivity contribution < 1.29 is 24.4 Å². The van der Waals surface area contributed by atoms with Gasteiger partial charge in [0.15, 0.2) is 0 Å². The van der Waals surface area contributed by atoms with Gasteiger partial charge in [-0.25, -0.2) is 14.7 Å². The van der Waals surface area contributed by atoms with Crippen molar-refractivity contribution in [2.75, 3.05) is 19.7 Å². The molecule has 0 radical (unpaired) electrons. The highest BCUT2D eigenvalue weighted by Crippen LogP contribution is 2.26. The molecule has 0 bridgehead atoms. The summed E-state index contributed by atoms with van der Waals surface area (Å²) < 4.78 is 11.0. The number of thiazole rings is 1. The number of aromatic nitrogens is 1. The molecule has 0 spiro atoms. The zero-order valence-corrected chi connectivity index (χ0v) is 18.0. The van der Waals surface area contributed by atoms with Crippen LogP contribution in [0.15, 0.2) is 29.8 Å². The second-order valence-corrected chi connectivity index (χ2v) is 8.90. The molecule has 2 aromatic rings. The van der Waals surface area contributed by atoms with E-state index in [0.717, 1.165) is 35.8 Å². The number of hydrogen-bond donors (Lipinski definition) is 1. The Balaban J connectivity index is 1.63. The smallest absolute Gasteiger partial charge is 0.417 e. The van der Waals surface area contributed by atoms with E-state index >= 15 is 0 Å². The summed E-state index contributed by atoms with van der Waals surface area (Å²) in [5, 5.41) is 5.14. The molecular weight excluding hydrogens is 390 g/mol.